The predicted octanol–water partition coefficient (Wildman–Crippen LogP) is 6.63. The lowest BCUT2D eigenvalue weighted by molar-refractivity contribution is -0.140. The molecule has 0 bridgehead atoms. The van der Waals surface area contributed by atoms with Crippen molar-refractivity contribution in [3.63, 3.8) is 0 Å². The fourth-order valence-electron chi connectivity index (χ4n) is 4.72. The van der Waals surface area contributed by atoms with Crippen molar-refractivity contribution in [1.29, 1.82) is 0 Å². The van der Waals surface area contributed by atoms with Crippen LogP contribution in [0.3, 0.4) is 0 Å². The van der Waals surface area contributed by atoms with Gasteiger partial charge in [0.25, 0.3) is 10.0 Å². The van der Waals surface area contributed by atoms with Gasteiger partial charge in [0, 0.05) is 24.5 Å². The van der Waals surface area contributed by atoms with E-state index in [9.17, 15) is 18.0 Å². The van der Waals surface area contributed by atoms with E-state index in [4.69, 9.17) is 39.5 Å². The van der Waals surface area contributed by atoms with E-state index in [1.165, 1.54) is 42.3 Å². The third-order valence-corrected chi connectivity index (χ3v) is 9.74. The Balaban J connectivity index is 1.81. The van der Waals surface area contributed by atoms with Crippen LogP contribution in [0.4, 0.5) is 5.69 Å². The minimum absolute atomic E-state index is 0.0453. The van der Waals surface area contributed by atoms with Gasteiger partial charge in [-0.1, -0.05) is 77.3 Å². The van der Waals surface area contributed by atoms with Crippen LogP contribution in [0.25, 0.3) is 0 Å². The molecule has 1 atom stereocenters. The molecule has 0 saturated heterocycles. The van der Waals surface area contributed by atoms with Crippen LogP contribution in [0.1, 0.15) is 18.1 Å². The van der Waals surface area contributed by atoms with Gasteiger partial charge in [-0.05, 0) is 72.6 Å². The molecular formula is C33H32Cl3N3O5S. The number of halogens is 3. The number of amides is 2. The Bertz CT molecular complexity index is 1740. The van der Waals surface area contributed by atoms with Gasteiger partial charge in [0.05, 0.1) is 27.7 Å². The predicted molar refractivity (Wildman–Crippen MR) is 179 cm³/mol. The van der Waals surface area contributed by atoms with E-state index >= 15 is 0 Å². The molecule has 0 radical (unpaired) electrons. The van der Waals surface area contributed by atoms with Gasteiger partial charge in [-0.3, -0.25) is 13.9 Å². The number of likely N-dealkylation sites (N-methyl/N-ethyl adjacent to an activating group) is 1. The first-order valence-electron chi connectivity index (χ1n) is 14.0. The van der Waals surface area contributed by atoms with Crippen molar-refractivity contribution in [3.8, 4) is 5.75 Å². The molecule has 1 unspecified atom stereocenters. The Hall–Kier alpha value is -3.76. The number of hydrogen-bond acceptors (Lipinski definition) is 5. The summed E-state index contributed by atoms with van der Waals surface area (Å²) in [6, 6.07) is 25.3. The number of carbonyl (C=O) groups is 2. The summed E-state index contributed by atoms with van der Waals surface area (Å²) < 4.78 is 34.4. The summed E-state index contributed by atoms with van der Waals surface area (Å²) >= 11 is 18.7. The maximum absolute atomic E-state index is 14.4. The van der Waals surface area contributed by atoms with Crippen LogP contribution in [-0.4, -0.2) is 51.4 Å². The van der Waals surface area contributed by atoms with Crippen molar-refractivity contribution >= 4 is 62.3 Å². The van der Waals surface area contributed by atoms with Gasteiger partial charge in [-0.2, -0.15) is 0 Å². The van der Waals surface area contributed by atoms with Crippen LogP contribution in [0.2, 0.25) is 15.1 Å². The van der Waals surface area contributed by atoms with E-state index < -0.39 is 28.5 Å². The van der Waals surface area contributed by atoms with Gasteiger partial charge in [-0.25, -0.2) is 8.42 Å². The summed E-state index contributed by atoms with van der Waals surface area (Å²) in [5, 5.41) is 3.72. The number of carbonyl (C=O) groups excluding carboxylic acids is 2. The van der Waals surface area contributed by atoms with Crippen LogP contribution in [-0.2, 0) is 32.6 Å². The maximum atomic E-state index is 14.4. The van der Waals surface area contributed by atoms with E-state index in [0.29, 0.717) is 22.9 Å². The molecule has 0 heterocycles. The van der Waals surface area contributed by atoms with Crippen molar-refractivity contribution in [3.05, 3.63) is 123 Å². The van der Waals surface area contributed by atoms with Crippen LogP contribution in [0.15, 0.2) is 102 Å². The molecule has 45 heavy (non-hydrogen) atoms. The van der Waals surface area contributed by atoms with E-state index in [1.54, 1.807) is 43.3 Å². The van der Waals surface area contributed by atoms with Crippen molar-refractivity contribution in [1.82, 2.24) is 10.2 Å². The number of nitrogens with zero attached hydrogens (tertiary/aromatic N) is 2. The van der Waals surface area contributed by atoms with Gasteiger partial charge in [-0.15, -0.1) is 0 Å². The summed E-state index contributed by atoms with van der Waals surface area (Å²) in [4.78, 5) is 29.3. The highest BCUT2D eigenvalue weighted by Gasteiger charge is 2.34. The minimum Gasteiger partial charge on any atom is -0.497 e. The van der Waals surface area contributed by atoms with E-state index in [1.807, 2.05) is 30.3 Å². The molecule has 0 fully saturated rings. The highest BCUT2D eigenvalue weighted by Crippen LogP contribution is 2.29. The fraction of sp³-hybridized carbons (Fsp3) is 0.212. The van der Waals surface area contributed by atoms with Crippen molar-refractivity contribution < 1.29 is 22.7 Å². The number of benzene rings is 4. The van der Waals surface area contributed by atoms with Crippen LogP contribution >= 0.6 is 34.8 Å². The first-order chi connectivity index (χ1) is 21.5. The Morgan fingerprint density at radius 3 is 2.18 bits per heavy atom. The lowest BCUT2D eigenvalue weighted by Crippen LogP contribution is -2.53. The number of rotatable bonds is 13. The highest BCUT2D eigenvalue weighted by atomic mass is 35.5. The molecule has 0 aliphatic carbocycles. The molecule has 0 spiro atoms. The molecule has 0 aromatic heterocycles. The largest absolute Gasteiger partial charge is 0.497 e. The summed E-state index contributed by atoms with van der Waals surface area (Å²) in [5.41, 5.74) is 1.60. The number of nitrogens with one attached hydrogen (secondary N) is 1. The smallest absolute Gasteiger partial charge is 0.264 e. The summed E-state index contributed by atoms with van der Waals surface area (Å²) in [6.07, 6.45) is 0.183. The normalized spacial score (nSPS) is 11.8. The lowest BCUT2D eigenvalue weighted by Gasteiger charge is -2.34. The quantitative estimate of drug-likeness (QED) is 0.170. The van der Waals surface area contributed by atoms with Gasteiger partial charge in [0.1, 0.15) is 18.3 Å². The van der Waals surface area contributed by atoms with Crippen molar-refractivity contribution in [2.45, 2.75) is 30.8 Å². The number of anilines is 1. The van der Waals surface area contributed by atoms with Gasteiger partial charge in [0.2, 0.25) is 11.8 Å². The van der Waals surface area contributed by atoms with Gasteiger partial charge < -0.3 is 15.0 Å². The monoisotopic (exact) mass is 687 g/mol. The lowest BCUT2D eigenvalue weighted by atomic mass is 10.0. The number of ether oxygens (including phenoxy) is 1. The van der Waals surface area contributed by atoms with E-state index in [2.05, 4.69) is 5.32 Å². The molecule has 0 aliphatic rings. The van der Waals surface area contributed by atoms with Crippen LogP contribution < -0.4 is 14.4 Å². The van der Waals surface area contributed by atoms with Gasteiger partial charge >= 0.3 is 0 Å². The summed E-state index contributed by atoms with van der Waals surface area (Å²) in [7, 11) is -2.82. The molecule has 4 aromatic rings. The Morgan fingerprint density at radius 2 is 1.56 bits per heavy atom. The van der Waals surface area contributed by atoms with Crippen molar-refractivity contribution in [2.24, 2.45) is 0 Å². The molecule has 12 heteroatoms. The molecule has 8 nitrogen and oxygen atoms in total. The Labute approximate surface area is 278 Å². The third-order valence-electron chi connectivity index (χ3n) is 6.98. The van der Waals surface area contributed by atoms with E-state index in [-0.39, 0.29) is 39.5 Å². The minimum atomic E-state index is -4.29. The molecule has 0 saturated carbocycles. The molecule has 4 rings (SSSR count). The standard InChI is InChI=1S/C33H32Cl3N3O5S/c1-3-37-33(41)31(19-23-8-5-4-6-9-23)38(21-24-12-17-29(35)30(36)18-24)32(40)22-39(26-11-7-10-25(34)20-26)45(42,43)28-15-13-27(44-2)14-16-28/h4-18,20,31H,3,19,21-22H2,1-2H3,(H,37,41). The molecule has 236 valence electrons. The van der Waals surface area contributed by atoms with Crippen LogP contribution in [0, 0.1) is 0 Å². The molecule has 1 N–H and O–H groups in total. The topological polar surface area (TPSA) is 96.0 Å². The molecule has 0 aliphatic heterocycles. The average molecular weight is 689 g/mol. The van der Waals surface area contributed by atoms with Gasteiger partial charge in [0.15, 0.2) is 0 Å². The zero-order chi connectivity index (χ0) is 32.6. The zero-order valence-electron chi connectivity index (χ0n) is 24.6. The first kappa shape index (κ1) is 34.1. The first-order valence-corrected chi connectivity index (χ1v) is 16.6. The number of methoxy groups -OCH3 is 1. The third kappa shape index (κ3) is 8.70. The molecule has 4 aromatic carbocycles. The van der Waals surface area contributed by atoms with E-state index in [0.717, 1.165) is 9.87 Å². The average Bonchev–Trinajstić information content (AvgIpc) is 3.03. The second kappa shape index (κ2) is 15.5. The number of sulfonamides is 1. The zero-order valence-corrected chi connectivity index (χ0v) is 27.7. The maximum Gasteiger partial charge on any atom is 0.264 e. The van der Waals surface area contributed by atoms with Crippen LogP contribution in [0.5, 0.6) is 5.75 Å². The molecule has 2 amide bonds. The Kier molecular flexibility index (Phi) is 11.7. The number of hydrogen-bond donors (Lipinski definition) is 1. The Morgan fingerprint density at radius 1 is 0.844 bits per heavy atom. The SMILES string of the molecule is CCNC(=O)C(Cc1ccccc1)N(Cc1ccc(Cl)c(Cl)c1)C(=O)CN(c1cccc(Cl)c1)S(=O)(=O)c1ccc(OC)cc1. The highest BCUT2D eigenvalue weighted by molar-refractivity contribution is 7.92. The second-order valence-corrected chi connectivity index (χ2v) is 13.2. The fourth-order valence-corrected chi connectivity index (χ4v) is 6.63. The summed E-state index contributed by atoms with van der Waals surface area (Å²) in [5.74, 6) is -0.537. The van der Waals surface area contributed by atoms with Crippen molar-refractivity contribution in [2.75, 3.05) is 24.5 Å². The second-order valence-electron chi connectivity index (χ2n) is 10.0. The molecular weight excluding hydrogens is 657 g/mol. The summed E-state index contributed by atoms with van der Waals surface area (Å²) in [6.45, 7) is 1.45.